The summed E-state index contributed by atoms with van der Waals surface area (Å²) in [6.45, 7) is -0.188. The van der Waals surface area contributed by atoms with Crippen molar-refractivity contribution in [2.24, 2.45) is 0 Å². The Labute approximate surface area is 172 Å². The van der Waals surface area contributed by atoms with Crippen molar-refractivity contribution < 1.29 is 14.3 Å². The third-order valence-corrected chi connectivity index (χ3v) is 5.81. The molecule has 1 heterocycles. The molecule has 3 aromatic rings. The molecule has 1 aromatic heterocycles. The highest BCUT2D eigenvalue weighted by Crippen LogP contribution is 2.30. The van der Waals surface area contributed by atoms with Gasteiger partial charge in [-0.25, -0.2) is 0 Å². The van der Waals surface area contributed by atoms with Crippen LogP contribution in [0.25, 0.3) is 0 Å². The van der Waals surface area contributed by atoms with Crippen LogP contribution in [-0.2, 0) is 17.6 Å². The van der Waals surface area contributed by atoms with Crippen molar-refractivity contribution in [1.29, 1.82) is 0 Å². The van der Waals surface area contributed by atoms with Crippen molar-refractivity contribution in [1.82, 2.24) is 10.9 Å². The number of thiophene rings is 1. The lowest BCUT2D eigenvalue weighted by Crippen LogP contribution is -2.43. The molecule has 0 saturated heterocycles. The number of carbonyl (C=O) groups is 2. The molecule has 1 aliphatic rings. The van der Waals surface area contributed by atoms with Gasteiger partial charge in [0.2, 0.25) is 0 Å². The lowest BCUT2D eigenvalue weighted by molar-refractivity contribution is -0.123. The number of ether oxygens (including phenoxy) is 1. The quantitative estimate of drug-likeness (QED) is 0.543. The molecule has 0 aliphatic heterocycles. The Bertz CT molecular complexity index is 978. The molecular formula is C22H21N3O3S. The summed E-state index contributed by atoms with van der Waals surface area (Å²) < 4.78 is 5.47. The molecular weight excluding hydrogens is 386 g/mol. The predicted octanol–water partition coefficient (Wildman–Crippen LogP) is 3.82. The van der Waals surface area contributed by atoms with Gasteiger partial charge in [-0.2, -0.15) is 0 Å². The van der Waals surface area contributed by atoms with Crippen molar-refractivity contribution in [3.05, 3.63) is 76.0 Å². The van der Waals surface area contributed by atoms with E-state index in [1.54, 1.807) is 12.1 Å². The van der Waals surface area contributed by atoms with E-state index in [9.17, 15) is 9.59 Å². The van der Waals surface area contributed by atoms with Crippen LogP contribution in [0.3, 0.4) is 0 Å². The molecule has 2 aromatic carbocycles. The third kappa shape index (κ3) is 4.94. The number of hydrogen-bond donors (Lipinski definition) is 3. The number of carbonyl (C=O) groups excluding carboxylic acids is 2. The number of aryl methyl sites for hydroxylation is 2. The van der Waals surface area contributed by atoms with Gasteiger partial charge in [-0.1, -0.05) is 18.2 Å². The second-order valence-corrected chi connectivity index (χ2v) is 7.86. The highest BCUT2D eigenvalue weighted by Gasteiger charge is 2.18. The molecule has 0 atom stereocenters. The van der Waals surface area contributed by atoms with Gasteiger partial charge in [0.25, 0.3) is 11.8 Å². The maximum absolute atomic E-state index is 12.2. The minimum Gasteiger partial charge on any atom is -0.484 e. The van der Waals surface area contributed by atoms with Gasteiger partial charge in [-0.05, 0) is 67.3 Å². The van der Waals surface area contributed by atoms with Crippen LogP contribution in [0.2, 0.25) is 0 Å². The minimum absolute atomic E-state index is 0.188. The summed E-state index contributed by atoms with van der Waals surface area (Å²) in [5.41, 5.74) is 8.00. The van der Waals surface area contributed by atoms with Crippen molar-refractivity contribution in [3.8, 4) is 5.75 Å². The zero-order valence-electron chi connectivity index (χ0n) is 15.7. The Morgan fingerprint density at radius 2 is 1.69 bits per heavy atom. The summed E-state index contributed by atoms with van der Waals surface area (Å²) >= 11 is 1.49. The van der Waals surface area contributed by atoms with Crippen LogP contribution in [-0.4, -0.2) is 18.4 Å². The second kappa shape index (κ2) is 8.79. The van der Waals surface area contributed by atoms with Crippen LogP contribution in [0, 0.1) is 0 Å². The van der Waals surface area contributed by atoms with Crippen molar-refractivity contribution >= 4 is 34.5 Å². The molecule has 0 fully saturated rings. The molecule has 3 N–H and O–H groups in total. The number of nitrogens with one attached hydrogen (secondary N) is 3. The van der Waals surface area contributed by atoms with Crippen LogP contribution in [0.15, 0.2) is 60.7 Å². The first-order chi connectivity index (χ1) is 14.2. The number of para-hydroxylation sites is 1. The molecule has 4 rings (SSSR count). The Balaban J connectivity index is 1.21. The first-order valence-corrected chi connectivity index (χ1v) is 10.2. The maximum Gasteiger partial charge on any atom is 0.279 e. The Hall–Kier alpha value is -3.32. The molecule has 148 valence electrons. The molecule has 7 heteroatoms. The largest absolute Gasteiger partial charge is 0.484 e. The molecule has 0 radical (unpaired) electrons. The van der Waals surface area contributed by atoms with Crippen molar-refractivity contribution in [3.63, 3.8) is 0 Å². The zero-order valence-corrected chi connectivity index (χ0v) is 16.6. The van der Waals surface area contributed by atoms with Gasteiger partial charge in [0.15, 0.2) is 6.61 Å². The third-order valence-electron chi connectivity index (χ3n) is 4.57. The second-order valence-electron chi connectivity index (χ2n) is 6.72. The molecule has 0 spiro atoms. The summed E-state index contributed by atoms with van der Waals surface area (Å²) in [7, 11) is 0. The summed E-state index contributed by atoms with van der Waals surface area (Å²) in [4.78, 5) is 26.0. The van der Waals surface area contributed by atoms with Gasteiger partial charge in [0.1, 0.15) is 5.75 Å². The van der Waals surface area contributed by atoms with Gasteiger partial charge in [0.05, 0.1) is 4.88 Å². The number of hydrogen-bond acceptors (Lipinski definition) is 5. The fourth-order valence-electron chi connectivity index (χ4n) is 3.14. The summed E-state index contributed by atoms with van der Waals surface area (Å²) in [6, 6.07) is 19.1. The van der Waals surface area contributed by atoms with Crippen LogP contribution in [0.4, 0.5) is 11.4 Å². The monoisotopic (exact) mass is 407 g/mol. The number of benzene rings is 2. The van der Waals surface area contributed by atoms with E-state index >= 15 is 0 Å². The van der Waals surface area contributed by atoms with Crippen molar-refractivity contribution in [2.45, 2.75) is 19.3 Å². The first-order valence-electron chi connectivity index (χ1n) is 9.43. The number of amides is 2. The average molecular weight is 407 g/mol. The summed E-state index contributed by atoms with van der Waals surface area (Å²) in [5.74, 6) is -0.150. The van der Waals surface area contributed by atoms with Gasteiger partial charge < -0.3 is 10.1 Å². The van der Waals surface area contributed by atoms with E-state index < -0.39 is 5.91 Å². The molecule has 0 bridgehead atoms. The zero-order chi connectivity index (χ0) is 20.1. The topological polar surface area (TPSA) is 79.5 Å². The van der Waals surface area contributed by atoms with Crippen LogP contribution >= 0.6 is 11.3 Å². The Morgan fingerprint density at radius 3 is 2.45 bits per heavy atom. The van der Waals surface area contributed by atoms with E-state index in [0.717, 1.165) is 30.6 Å². The van der Waals surface area contributed by atoms with Crippen LogP contribution in [0.5, 0.6) is 5.75 Å². The molecule has 6 nitrogen and oxygen atoms in total. The lowest BCUT2D eigenvalue weighted by Gasteiger charge is -2.10. The fourth-order valence-corrected chi connectivity index (χ4v) is 4.29. The van der Waals surface area contributed by atoms with E-state index in [1.807, 2.05) is 48.5 Å². The van der Waals surface area contributed by atoms with Gasteiger partial charge >= 0.3 is 0 Å². The van der Waals surface area contributed by atoms with E-state index in [1.165, 1.54) is 21.8 Å². The smallest absolute Gasteiger partial charge is 0.279 e. The Morgan fingerprint density at radius 1 is 0.931 bits per heavy atom. The van der Waals surface area contributed by atoms with Crippen LogP contribution in [0.1, 0.15) is 26.5 Å². The summed E-state index contributed by atoms with van der Waals surface area (Å²) in [6.07, 6.45) is 3.21. The highest BCUT2D eigenvalue weighted by atomic mass is 32.1. The number of anilines is 2. The Kier molecular flexibility index (Phi) is 5.76. The highest BCUT2D eigenvalue weighted by molar-refractivity contribution is 7.14. The van der Waals surface area contributed by atoms with E-state index in [2.05, 4.69) is 16.2 Å². The van der Waals surface area contributed by atoms with E-state index in [0.29, 0.717) is 10.6 Å². The van der Waals surface area contributed by atoms with Gasteiger partial charge in [-0.3, -0.25) is 20.4 Å². The predicted molar refractivity (Wildman–Crippen MR) is 114 cm³/mol. The van der Waals surface area contributed by atoms with E-state index in [4.69, 9.17) is 4.74 Å². The average Bonchev–Trinajstić information content (AvgIpc) is 3.35. The number of fused-ring (bicyclic) bond motifs is 1. The molecule has 2 amide bonds. The normalized spacial score (nSPS) is 12.1. The van der Waals surface area contributed by atoms with Crippen molar-refractivity contribution in [2.75, 3.05) is 11.9 Å². The molecule has 1 aliphatic carbocycles. The lowest BCUT2D eigenvalue weighted by atomic mass is 10.2. The number of rotatable bonds is 6. The molecule has 29 heavy (non-hydrogen) atoms. The molecule has 0 unspecified atom stereocenters. The summed E-state index contributed by atoms with van der Waals surface area (Å²) in [5, 5.41) is 3.28. The SMILES string of the molecule is O=C(COc1ccc(Nc2ccccc2)cc1)NNC(=O)c1cc2c(s1)CCC2. The fraction of sp³-hybridized carbons (Fsp3) is 0.182. The number of hydrazine groups is 1. The van der Waals surface area contributed by atoms with Gasteiger partial charge in [0, 0.05) is 16.3 Å². The standard InChI is InChI=1S/C22H21N3O3S/c26-21(24-25-22(27)20-13-15-5-4-8-19(15)29-20)14-28-18-11-9-17(10-12-18)23-16-6-2-1-3-7-16/h1-3,6-7,9-13,23H,4-5,8,14H2,(H,24,26)(H,25,27). The van der Waals surface area contributed by atoms with Gasteiger partial charge in [-0.15, -0.1) is 11.3 Å². The first kappa shape index (κ1) is 19.0. The van der Waals surface area contributed by atoms with E-state index in [-0.39, 0.29) is 12.5 Å². The maximum atomic E-state index is 12.2. The van der Waals surface area contributed by atoms with Crippen LogP contribution < -0.4 is 20.9 Å². The molecule has 0 saturated carbocycles. The minimum atomic E-state index is -0.422.